The zero-order valence-corrected chi connectivity index (χ0v) is 7.23. The van der Waals surface area contributed by atoms with Crippen LogP contribution >= 0.6 is 0 Å². The topological polar surface area (TPSA) is 42.3 Å². The first-order chi connectivity index (χ1) is 6.40. The van der Waals surface area contributed by atoms with E-state index in [4.69, 9.17) is 0 Å². The number of hydrogen-bond donors (Lipinski definition) is 0. The minimum absolute atomic E-state index is 0.582. The molecule has 0 saturated heterocycles. The van der Waals surface area contributed by atoms with Gasteiger partial charge in [0, 0.05) is 11.6 Å². The molecule has 0 unspecified atom stereocenters. The van der Waals surface area contributed by atoms with Gasteiger partial charge >= 0.3 is 0 Å². The van der Waals surface area contributed by atoms with Gasteiger partial charge in [-0.05, 0) is 25.0 Å². The van der Waals surface area contributed by atoms with E-state index in [0.717, 1.165) is 5.69 Å². The van der Waals surface area contributed by atoms with Crippen molar-refractivity contribution in [2.24, 2.45) is 4.99 Å². The average Bonchev–Trinajstić information content (AvgIpc) is 2.06. The molecule has 0 radical (unpaired) electrons. The molecule has 66 valence electrons. The van der Waals surface area contributed by atoms with Crippen molar-refractivity contribution in [3.8, 4) is 0 Å². The maximum atomic E-state index is 9.94. The Kier molecular flexibility index (Phi) is 2.19. The second-order valence-electron chi connectivity index (χ2n) is 3.27. The van der Waals surface area contributed by atoms with Gasteiger partial charge < -0.3 is 0 Å². The van der Waals surface area contributed by atoms with Crippen LogP contribution in [0.3, 0.4) is 0 Å². The lowest BCUT2D eigenvalue weighted by atomic mass is 9.83. The number of carbonyl (C=O) groups excluding carboxylic acids is 1. The second-order valence-corrected chi connectivity index (χ2v) is 3.27. The summed E-state index contributed by atoms with van der Waals surface area (Å²) in [5.74, 6) is 0.634. The molecule has 3 nitrogen and oxygen atoms in total. The second kappa shape index (κ2) is 3.50. The van der Waals surface area contributed by atoms with E-state index in [0.29, 0.717) is 11.6 Å². The SMILES string of the molecule is O=C=Nc1ccc(C2CCC2)nc1. The van der Waals surface area contributed by atoms with E-state index < -0.39 is 0 Å². The predicted molar refractivity (Wildman–Crippen MR) is 48.6 cm³/mol. The number of aliphatic imine (C=N–C) groups is 1. The summed E-state index contributed by atoms with van der Waals surface area (Å²) in [5.41, 5.74) is 1.70. The summed E-state index contributed by atoms with van der Waals surface area (Å²) >= 11 is 0. The molecular weight excluding hydrogens is 164 g/mol. The number of nitrogens with zero attached hydrogens (tertiary/aromatic N) is 2. The highest BCUT2D eigenvalue weighted by molar-refractivity contribution is 5.47. The molecular formula is C10H10N2O. The van der Waals surface area contributed by atoms with Crippen molar-refractivity contribution in [3.05, 3.63) is 24.0 Å². The van der Waals surface area contributed by atoms with Crippen molar-refractivity contribution in [2.45, 2.75) is 25.2 Å². The molecule has 3 heteroatoms. The third kappa shape index (κ3) is 1.65. The van der Waals surface area contributed by atoms with E-state index in [2.05, 4.69) is 9.98 Å². The van der Waals surface area contributed by atoms with E-state index in [1.54, 1.807) is 6.20 Å². The number of pyridine rings is 1. The Bertz CT molecular complexity index is 334. The average molecular weight is 174 g/mol. The highest BCUT2D eigenvalue weighted by Gasteiger charge is 2.20. The predicted octanol–water partition coefficient (Wildman–Crippen LogP) is 2.32. The summed E-state index contributed by atoms with van der Waals surface area (Å²) in [6.07, 6.45) is 6.90. The van der Waals surface area contributed by atoms with Gasteiger partial charge in [-0.25, -0.2) is 4.79 Å². The largest absolute Gasteiger partial charge is 0.259 e. The normalized spacial score (nSPS) is 16.0. The number of hydrogen-bond acceptors (Lipinski definition) is 3. The molecule has 0 amide bonds. The van der Waals surface area contributed by atoms with Crippen LogP contribution < -0.4 is 0 Å². The van der Waals surface area contributed by atoms with Crippen molar-refractivity contribution in [2.75, 3.05) is 0 Å². The Balaban J connectivity index is 2.17. The van der Waals surface area contributed by atoms with Crippen molar-refractivity contribution >= 4 is 11.8 Å². The van der Waals surface area contributed by atoms with E-state index in [9.17, 15) is 4.79 Å². The molecule has 1 heterocycles. The summed E-state index contributed by atoms with van der Waals surface area (Å²) in [7, 11) is 0. The molecule has 0 aliphatic heterocycles. The smallest absolute Gasteiger partial charge is 0.240 e. The zero-order valence-electron chi connectivity index (χ0n) is 7.23. The van der Waals surface area contributed by atoms with Crippen LogP contribution in [0.1, 0.15) is 30.9 Å². The first-order valence-corrected chi connectivity index (χ1v) is 4.44. The molecule has 1 aliphatic rings. The Hall–Kier alpha value is -1.47. The summed E-state index contributed by atoms with van der Waals surface area (Å²) in [5, 5.41) is 0. The molecule has 13 heavy (non-hydrogen) atoms. The van der Waals surface area contributed by atoms with Gasteiger partial charge in [-0.2, -0.15) is 4.99 Å². The lowest BCUT2D eigenvalue weighted by molar-refractivity contribution is 0.411. The van der Waals surface area contributed by atoms with E-state index in [1.807, 2.05) is 12.1 Å². The fourth-order valence-electron chi connectivity index (χ4n) is 1.46. The van der Waals surface area contributed by atoms with Crippen LogP contribution in [0.4, 0.5) is 5.69 Å². The van der Waals surface area contributed by atoms with E-state index >= 15 is 0 Å². The summed E-state index contributed by atoms with van der Waals surface area (Å²) < 4.78 is 0. The summed E-state index contributed by atoms with van der Waals surface area (Å²) in [4.78, 5) is 17.7. The van der Waals surface area contributed by atoms with Gasteiger partial charge in [-0.15, -0.1) is 0 Å². The van der Waals surface area contributed by atoms with E-state index in [-0.39, 0.29) is 0 Å². The monoisotopic (exact) mass is 174 g/mol. The van der Waals surface area contributed by atoms with Crippen molar-refractivity contribution in [1.29, 1.82) is 0 Å². The minimum atomic E-state index is 0.582. The minimum Gasteiger partial charge on any atom is -0.259 e. The van der Waals surface area contributed by atoms with Crippen LogP contribution in [0, 0.1) is 0 Å². The van der Waals surface area contributed by atoms with Crippen LogP contribution in [-0.2, 0) is 4.79 Å². The Morgan fingerprint density at radius 3 is 2.77 bits per heavy atom. The maximum Gasteiger partial charge on any atom is 0.240 e. The Labute approximate surface area is 76.5 Å². The van der Waals surface area contributed by atoms with Gasteiger partial charge in [-0.3, -0.25) is 4.98 Å². The molecule has 1 fully saturated rings. The molecule has 0 N–H and O–H groups in total. The lowest BCUT2D eigenvalue weighted by Gasteiger charge is -2.24. The van der Waals surface area contributed by atoms with Crippen LogP contribution in [-0.4, -0.2) is 11.1 Å². The third-order valence-corrected chi connectivity index (χ3v) is 2.47. The zero-order chi connectivity index (χ0) is 9.10. The van der Waals surface area contributed by atoms with Crippen LogP contribution in [0.5, 0.6) is 0 Å². The quantitative estimate of drug-likeness (QED) is 0.510. The molecule has 2 rings (SSSR count). The molecule has 0 bridgehead atoms. The number of isocyanates is 1. The van der Waals surface area contributed by atoms with Crippen molar-refractivity contribution in [1.82, 2.24) is 4.98 Å². The molecule has 0 spiro atoms. The molecule has 1 aromatic heterocycles. The lowest BCUT2D eigenvalue weighted by Crippen LogP contribution is -2.09. The Morgan fingerprint density at radius 2 is 2.31 bits per heavy atom. The first kappa shape index (κ1) is 8.14. The third-order valence-electron chi connectivity index (χ3n) is 2.47. The standard InChI is InChI=1S/C10H10N2O/c13-7-12-9-4-5-10(11-6-9)8-2-1-3-8/h4-6,8H,1-3H2. The van der Waals surface area contributed by atoms with Crippen molar-refractivity contribution < 1.29 is 4.79 Å². The van der Waals surface area contributed by atoms with Crippen LogP contribution in [0.15, 0.2) is 23.3 Å². The highest BCUT2D eigenvalue weighted by atomic mass is 16.1. The molecule has 1 saturated carbocycles. The maximum absolute atomic E-state index is 9.94. The molecule has 0 atom stereocenters. The van der Waals surface area contributed by atoms with Crippen molar-refractivity contribution in [3.63, 3.8) is 0 Å². The van der Waals surface area contributed by atoms with Gasteiger partial charge in [-0.1, -0.05) is 6.42 Å². The van der Waals surface area contributed by atoms with Crippen LogP contribution in [0.2, 0.25) is 0 Å². The number of rotatable bonds is 2. The summed E-state index contributed by atoms with van der Waals surface area (Å²) in [6, 6.07) is 3.76. The number of aromatic nitrogens is 1. The van der Waals surface area contributed by atoms with Gasteiger partial charge in [0.1, 0.15) is 0 Å². The van der Waals surface area contributed by atoms with E-state index in [1.165, 1.54) is 25.3 Å². The molecule has 0 aromatic carbocycles. The van der Waals surface area contributed by atoms with Gasteiger partial charge in [0.2, 0.25) is 6.08 Å². The highest BCUT2D eigenvalue weighted by Crippen LogP contribution is 2.35. The molecule has 1 aliphatic carbocycles. The van der Waals surface area contributed by atoms with Crippen LogP contribution in [0.25, 0.3) is 0 Å². The fourth-order valence-corrected chi connectivity index (χ4v) is 1.46. The fraction of sp³-hybridized carbons (Fsp3) is 0.400. The van der Waals surface area contributed by atoms with Gasteiger partial charge in [0.25, 0.3) is 0 Å². The summed E-state index contributed by atoms with van der Waals surface area (Å²) in [6.45, 7) is 0. The molecule has 1 aromatic rings. The van der Waals surface area contributed by atoms with Gasteiger partial charge in [0.05, 0.1) is 11.9 Å². The van der Waals surface area contributed by atoms with Gasteiger partial charge in [0.15, 0.2) is 0 Å². The Morgan fingerprint density at radius 1 is 1.46 bits per heavy atom. The first-order valence-electron chi connectivity index (χ1n) is 4.44.